The van der Waals surface area contributed by atoms with Crippen molar-refractivity contribution < 1.29 is 28.8 Å². The Labute approximate surface area is 383 Å². The minimum atomic E-state index is -0.664. The quantitative estimate of drug-likeness (QED) is 0.198. The smallest absolute Gasteiger partial charge is 0.339 e. The number of benzene rings is 4. The van der Waals surface area contributed by atoms with Crippen LogP contribution in [0.15, 0.2) is 90.4 Å². The Morgan fingerprint density at radius 2 is 0.857 bits per heavy atom. The molecule has 63 heavy (non-hydrogen) atoms. The predicted molar refractivity (Wildman–Crippen MR) is 239 cm³/mol. The topological polar surface area (TPSA) is 165 Å². The monoisotopic (exact) mass is 942 g/mol. The van der Waals surface area contributed by atoms with Gasteiger partial charge in [0.15, 0.2) is 0 Å². The van der Waals surface area contributed by atoms with Gasteiger partial charge in [0.25, 0.3) is 0 Å². The maximum Gasteiger partial charge on any atom is 0.368 e. The Kier molecular flexibility index (Phi) is 12.7. The lowest BCUT2D eigenvalue weighted by Crippen LogP contribution is -2.49. The van der Waals surface area contributed by atoms with Crippen molar-refractivity contribution in [3.05, 3.63) is 113 Å². The first kappa shape index (κ1) is 43.9. The molecule has 4 aromatic carbocycles. The number of hydrogen-bond acceptors (Lipinski definition) is 7. The molecule has 0 N–H and O–H groups in total. The highest BCUT2D eigenvalue weighted by atomic mass is 35.5. The molecule has 0 aromatic heterocycles. The van der Waals surface area contributed by atoms with E-state index in [4.69, 9.17) is 46.4 Å². The lowest BCUT2D eigenvalue weighted by Gasteiger charge is -2.33. The molecule has 320 valence electrons. The van der Waals surface area contributed by atoms with Crippen molar-refractivity contribution in [3.63, 3.8) is 0 Å². The molecule has 0 radical (unpaired) electrons. The summed E-state index contributed by atoms with van der Waals surface area (Å²) in [5.74, 6) is -0.594. The van der Waals surface area contributed by atoms with E-state index >= 15 is 0 Å². The number of hydrogen-bond donors (Lipinski definition) is 0. The van der Waals surface area contributed by atoms with E-state index in [1.807, 2.05) is 0 Å². The van der Waals surface area contributed by atoms with Crippen molar-refractivity contribution in [1.29, 1.82) is 0 Å². The Morgan fingerprint density at radius 1 is 0.524 bits per heavy atom. The summed E-state index contributed by atoms with van der Waals surface area (Å²) >= 11 is 29.6. The van der Waals surface area contributed by atoms with Crippen LogP contribution in [0.4, 0.5) is 9.59 Å². The fourth-order valence-corrected chi connectivity index (χ4v) is 9.74. The van der Waals surface area contributed by atoms with Gasteiger partial charge in [-0.2, -0.15) is 20.0 Å². The zero-order chi connectivity index (χ0) is 44.7. The van der Waals surface area contributed by atoms with E-state index in [1.54, 1.807) is 68.1 Å². The van der Waals surface area contributed by atoms with Crippen LogP contribution in [0.2, 0.25) is 20.1 Å². The molecule has 2 fully saturated rings. The van der Waals surface area contributed by atoms with Gasteiger partial charge in [0.05, 0.1) is 41.5 Å². The maximum atomic E-state index is 13.4. The van der Waals surface area contributed by atoms with Crippen molar-refractivity contribution in [1.82, 2.24) is 19.6 Å². The SMILES string of the molecule is CC(=O)N1CCN(C(=O)C=Cc2ccc(Sc3ccc(C=CC(=O)N4CCN(C(C)=O)CC4)c(-c4cc5c(cc4Cl)=NC(=O)N=5)c3Cl)c(Cl)c2-c2cc3c(cc2Cl)=NC(=O)N=3)CC1. The van der Waals surface area contributed by atoms with Crippen molar-refractivity contribution in [3.8, 4) is 22.3 Å². The van der Waals surface area contributed by atoms with E-state index in [2.05, 4.69) is 20.0 Å². The van der Waals surface area contributed by atoms with Gasteiger partial charge >= 0.3 is 12.1 Å². The summed E-state index contributed by atoms with van der Waals surface area (Å²) in [6, 6.07) is 12.1. The van der Waals surface area contributed by atoms with E-state index in [-0.39, 0.29) is 43.7 Å². The van der Waals surface area contributed by atoms with E-state index in [9.17, 15) is 28.8 Å². The van der Waals surface area contributed by atoms with Crippen molar-refractivity contribution in [2.45, 2.75) is 23.6 Å². The van der Waals surface area contributed by atoms with Crippen LogP contribution in [0.1, 0.15) is 25.0 Å². The molecule has 0 bridgehead atoms. The highest BCUT2D eigenvalue weighted by Gasteiger charge is 2.25. The molecule has 8 rings (SSSR count). The first-order valence-electron chi connectivity index (χ1n) is 19.6. The number of amides is 8. The largest absolute Gasteiger partial charge is 0.368 e. The van der Waals surface area contributed by atoms with E-state index in [1.165, 1.54) is 49.9 Å². The summed E-state index contributed by atoms with van der Waals surface area (Å²) < 4.78 is 0. The third-order valence-corrected chi connectivity index (χ3v) is 13.7. The fourth-order valence-electron chi connectivity index (χ4n) is 7.57. The minimum absolute atomic E-state index is 0.0469. The minimum Gasteiger partial charge on any atom is -0.339 e. The maximum absolute atomic E-state index is 13.4. The predicted octanol–water partition coefficient (Wildman–Crippen LogP) is 5.94. The number of carbonyl (C=O) groups excluding carboxylic acids is 6. The Hall–Kier alpha value is -5.71. The van der Waals surface area contributed by atoms with Crippen LogP contribution < -0.4 is 21.4 Å². The molecule has 4 heterocycles. The molecule has 0 unspecified atom stereocenters. The molecule has 0 aliphatic carbocycles. The number of carbonyl (C=O) groups is 6. The normalized spacial score (nSPS) is 15.9. The molecule has 14 nitrogen and oxygen atoms in total. The number of halogens is 4. The summed E-state index contributed by atoms with van der Waals surface area (Å²) in [6.45, 7) is 6.25. The number of urea groups is 2. The first-order valence-corrected chi connectivity index (χ1v) is 21.9. The Balaban J connectivity index is 1.18. The average Bonchev–Trinajstić information content (AvgIpc) is 3.81. The number of piperazine rings is 2. The molecule has 8 amide bonds. The third-order valence-electron chi connectivity index (χ3n) is 10.9. The standard InChI is InChI=1S/C44H34Cl4N8O6S/c1-23(57)53-11-15-55(16-12-53)37(59)9-5-25-3-7-35(41(47)39(25)27-19-31-33(21-29(27)45)51-43(61)49-31)63-36-8-4-26(6-10-38(60)56-17-13-54(14-18-56)24(2)58)40(42(36)48)28-20-32-34(22-30(28)46)52-44(62)50-32/h3-10,19-22H,11-18H2,1-2H3. The van der Waals surface area contributed by atoms with Crippen LogP contribution in [0.3, 0.4) is 0 Å². The Morgan fingerprint density at radius 3 is 1.21 bits per heavy atom. The zero-order valence-corrected chi connectivity index (χ0v) is 37.4. The average molecular weight is 945 g/mol. The highest BCUT2D eigenvalue weighted by molar-refractivity contribution is 7.99. The first-order chi connectivity index (χ1) is 30.1. The van der Waals surface area contributed by atoms with Crippen LogP contribution in [0, 0.1) is 0 Å². The molecule has 2 saturated heterocycles. The van der Waals surface area contributed by atoms with E-state index in [0.29, 0.717) is 117 Å². The van der Waals surface area contributed by atoms with Gasteiger partial charge in [0, 0.05) is 110 Å². The number of fused-ring (bicyclic) bond motifs is 2. The van der Waals surface area contributed by atoms with Crippen LogP contribution >= 0.6 is 58.2 Å². The molecule has 4 aliphatic heterocycles. The molecular weight excluding hydrogens is 910 g/mol. The van der Waals surface area contributed by atoms with Gasteiger partial charge in [-0.3, -0.25) is 19.2 Å². The molecule has 19 heteroatoms. The summed E-state index contributed by atoms with van der Waals surface area (Å²) in [5, 5.41) is 2.22. The van der Waals surface area contributed by atoms with Crippen LogP contribution in [-0.4, -0.2) is 108 Å². The van der Waals surface area contributed by atoms with Gasteiger partial charge in [-0.05, 0) is 59.7 Å². The number of rotatable bonds is 8. The third kappa shape index (κ3) is 9.20. The lowest BCUT2D eigenvalue weighted by molar-refractivity contribution is -0.135. The van der Waals surface area contributed by atoms with Crippen molar-refractivity contribution in [2.75, 3.05) is 52.4 Å². The number of nitrogens with zero attached hydrogens (tertiary/aromatic N) is 8. The Bertz CT molecular complexity index is 2820. The van der Waals surface area contributed by atoms with Gasteiger partial charge in [0.1, 0.15) is 0 Å². The molecule has 0 saturated carbocycles. The van der Waals surface area contributed by atoms with Crippen LogP contribution in [0.25, 0.3) is 34.4 Å². The molecule has 4 aromatic rings. The van der Waals surface area contributed by atoms with Crippen molar-refractivity contribution >= 4 is 106 Å². The van der Waals surface area contributed by atoms with Crippen molar-refractivity contribution in [2.24, 2.45) is 20.0 Å². The molecule has 4 aliphatic rings. The van der Waals surface area contributed by atoms with Gasteiger partial charge in [-0.15, -0.1) is 0 Å². The zero-order valence-electron chi connectivity index (χ0n) is 33.5. The fraction of sp³-hybridized carbons (Fsp3) is 0.227. The molecule has 0 atom stereocenters. The molecule has 0 spiro atoms. The second-order valence-electron chi connectivity index (χ2n) is 14.8. The molecular formula is C44H34Cl4N8O6S. The van der Waals surface area contributed by atoms with Crippen LogP contribution in [-0.2, 0) is 19.2 Å². The van der Waals surface area contributed by atoms with Crippen LogP contribution in [0.5, 0.6) is 0 Å². The lowest BCUT2D eigenvalue weighted by atomic mass is 9.98. The second-order valence-corrected chi connectivity index (χ2v) is 17.4. The second kappa shape index (κ2) is 18.2. The van der Waals surface area contributed by atoms with E-state index in [0.717, 1.165) is 0 Å². The summed E-state index contributed by atoms with van der Waals surface area (Å²) in [5.41, 5.74) is 2.85. The van der Waals surface area contributed by atoms with E-state index < -0.39 is 12.1 Å². The van der Waals surface area contributed by atoms with Gasteiger partial charge in [-0.1, -0.05) is 70.3 Å². The summed E-state index contributed by atoms with van der Waals surface area (Å²) in [6.07, 6.45) is 6.16. The van der Waals surface area contributed by atoms with Gasteiger partial charge in [0.2, 0.25) is 23.6 Å². The summed E-state index contributed by atoms with van der Waals surface area (Å²) in [7, 11) is 0. The van der Waals surface area contributed by atoms with Gasteiger partial charge < -0.3 is 19.6 Å². The summed E-state index contributed by atoms with van der Waals surface area (Å²) in [4.78, 5) is 98.4. The highest BCUT2D eigenvalue weighted by Crippen LogP contribution is 2.47. The van der Waals surface area contributed by atoms with Gasteiger partial charge in [-0.25, -0.2) is 9.59 Å².